The molecule has 0 spiro atoms. The van der Waals surface area contributed by atoms with Crippen LogP contribution in [0.1, 0.15) is 6.92 Å². The molecule has 0 saturated carbocycles. The van der Waals surface area contributed by atoms with Crippen LogP contribution >= 0.6 is 0 Å². The SMILES string of the molecule is C=C[C@H](OC)[C@H](C)O. The Hall–Kier alpha value is -0.340. The van der Waals surface area contributed by atoms with Crippen LogP contribution in [-0.4, -0.2) is 24.4 Å². The van der Waals surface area contributed by atoms with Gasteiger partial charge in [-0.3, -0.25) is 0 Å². The average molecular weight is 116 g/mol. The third kappa shape index (κ3) is 2.09. The smallest absolute Gasteiger partial charge is 0.101 e. The minimum atomic E-state index is -0.461. The van der Waals surface area contributed by atoms with Gasteiger partial charge >= 0.3 is 0 Å². The van der Waals surface area contributed by atoms with Crippen molar-refractivity contribution < 1.29 is 9.84 Å². The summed E-state index contributed by atoms with van der Waals surface area (Å²) in [4.78, 5) is 0. The van der Waals surface area contributed by atoms with E-state index in [1.807, 2.05) is 0 Å². The maximum atomic E-state index is 8.82. The van der Waals surface area contributed by atoms with Gasteiger partial charge in [0.15, 0.2) is 0 Å². The first-order chi connectivity index (χ1) is 3.72. The molecule has 2 heteroatoms. The third-order valence-corrected chi connectivity index (χ3v) is 0.980. The number of hydrogen-bond acceptors (Lipinski definition) is 2. The minimum absolute atomic E-state index is 0.227. The second kappa shape index (κ2) is 3.64. The summed E-state index contributed by atoms with van der Waals surface area (Å²) in [5, 5.41) is 8.82. The Morgan fingerprint density at radius 3 is 2.25 bits per heavy atom. The Morgan fingerprint density at radius 1 is 1.75 bits per heavy atom. The quantitative estimate of drug-likeness (QED) is 0.546. The van der Waals surface area contributed by atoms with Gasteiger partial charge in [0, 0.05) is 7.11 Å². The van der Waals surface area contributed by atoms with E-state index < -0.39 is 6.10 Å². The van der Waals surface area contributed by atoms with E-state index in [4.69, 9.17) is 9.84 Å². The van der Waals surface area contributed by atoms with Crippen LogP contribution in [0, 0.1) is 0 Å². The molecule has 2 nitrogen and oxygen atoms in total. The second-order valence-electron chi connectivity index (χ2n) is 1.68. The third-order valence-electron chi connectivity index (χ3n) is 0.980. The number of aliphatic hydroxyl groups excluding tert-OH is 1. The van der Waals surface area contributed by atoms with Crippen molar-refractivity contribution in [2.45, 2.75) is 19.1 Å². The highest BCUT2D eigenvalue weighted by Gasteiger charge is 2.06. The molecule has 0 heterocycles. The first-order valence-electron chi connectivity index (χ1n) is 2.55. The Balaban J connectivity index is 3.51. The van der Waals surface area contributed by atoms with E-state index in [9.17, 15) is 0 Å². The van der Waals surface area contributed by atoms with Crippen molar-refractivity contribution in [1.29, 1.82) is 0 Å². The summed E-state index contributed by atoms with van der Waals surface area (Å²) < 4.78 is 4.79. The largest absolute Gasteiger partial charge is 0.390 e. The monoisotopic (exact) mass is 116 g/mol. The topological polar surface area (TPSA) is 29.5 Å². The number of hydrogen-bond donors (Lipinski definition) is 1. The van der Waals surface area contributed by atoms with E-state index in [2.05, 4.69) is 6.58 Å². The molecule has 0 aromatic heterocycles. The van der Waals surface area contributed by atoms with Gasteiger partial charge < -0.3 is 9.84 Å². The summed E-state index contributed by atoms with van der Waals surface area (Å²) in [5.74, 6) is 0. The Kier molecular flexibility index (Phi) is 3.48. The molecule has 0 amide bonds. The maximum Gasteiger partial charge on any atom is 0.101 e. The molecule has 0 unspecified atom stereocenters. The van der Waals surface area contributed by atoms with E-state index >= 15 is 0 Å². The summed E-state index contributed by atoms with van der Waals surface area (Å²) in [5.41, 5.74) is 0. The minimum Gasteiger partial charge on any atom is -0.390 e. The first-order valence-corrected chi connectivity index (χ1v) is 2.55. The fraction of sp³-hybridized carbons (Fsp3) is 0.667. The number of aliphatic hydroxyl groups is 1. The molecule has 0 aliphatic carbocycles. The molecular formula is C6H12O2. The Bertz CT molecular complexity index is 68.9. The highest BCUT2D eigenvalue weighted by Crippen LogP contribution is 1.96. The second-order valence-corrected chi connectivity index (χ2v) is 1.68. The lowest BCUT2D eigenvalue weighted by Gasteiger charge is -2.11. The molecule has 0 saturated heterocycles. The molecule has 0 fully saturated rings. The van der Waals surface area contributed by atoms with Gasteiger partial charge in [-0.2, -0.15) is 0 Å². The van der Waals surface area contributed by atoms with Crippen molar-refractivity contribution >= 4 is 0 Å². The molecular weight excluding hydrogens is 104 g/mol. The molecule has 0 aliphatic heterocycles. The number of methoxy groups -OCH3 is 1. The van der Waals surface area contributed by atoms with Gasteiger partial charge in [-0.25, -0.2) is 0 Å². The zero-order chi connectivity index (χ0) is 6.57. The lowest BCUT2D eigenvalue weighted by atomic mass is 10.2. The Morgan fingerprint density at radius 2 is 2.25 bits per heavy atom. The molecule has 0 aromatic rings. The predicted molar refractivity (Wildman–Crippen MR) is 32.7 cm³/mol. The van der Waals surface area contributed by atoms with Crippen molar-refractivity contribution in [3.05, 3.63) is 12.7 Å². The highest BCUT2D eigenvalue weighted by molar-refractivity contribution is 4.83. The van der Waals surface area contributed by atoms with Crippen molar-refractivity contribution in [1.82, 2.24) is 0 Å². The predicted octanol–water partition coefficient (Wildman–Crippen LogP) is 0.568. The van der Waals surface area contributed by atoms with Crippen LogP contribution in [-0.2, 0) is 4.74 Å². The first kappa shape index (κ1) is 7.66. The van der Waals surface area contributed by atoms with E-state index in [0.717, 1.165) is 0 Å². The fourth-order valence-electron chi connectivity index (χ4n) is 0.490. The normalized spacial score (nSPS) is 17.4. The number of rotatable bonds is 3. The van der Waals surface area contributed by atoms with Gasteiger partial charge in [-0.15, -0.1) is 6.58 Å². The van der Waals surface area contributed by atoms with Gasteiger partial charge in [-0.05, 0) is 6.92 Å². The highest BCUT2D eigenvalue weighted by atomic mass is 16.5. The van der Waals surface area contributed by atoms with Gasteiger partial charge in [0.2, 0.25) is 0 Å². The summed E-state index contributed by atoms with van der Waals surface area (Å²) in [6, 6.07) is 0. The van der Waals surface area contributed by atoms with Crippen LogP contribution < -0.4 is 0 Å². The van der Waals surface area contributed by atoms with Gasteiger partial charge in [0.05, 0.1) is 6.10 Å². The molecule has 2 atom stereocenters. The van der Waals surface area contributed by atoms with Crippen LogP contribution in [0.25, 0.3) is 0 Å². The van der Waals surface area contributed by atoms with E-state index in [1.165, 1.54) is 0 Å². The van der Waals surface area contributed by atoms with Crippen LogP contribution in [0.15, 0.2) is 12.7 Å². The molecule has 1 N–H and O–H groups in total. The summed E-state index contributed by atoms with van der Waals surface area (Å²) >= 11 is 0. The van der Waals surface area contributed by atoms with Crippen molar-refractivity contribution in [3.8, 4) is 0 Å². The van der Waals surface area contributed by atoms with Crippen molar-refractivity contribution in [3.63, 3.8) is 0 Å². The molecule has 0 aliphatic rings. The maximum absolute atomic E-state index is 8.82. The van der Waals surface area contributed by atoms with E-state index in [1.54, 1.807) is 20.1 Å². The van der Waals surface area contributed by atoms with Gasteiger partial charge in [0.1, 0.15) is 6.10 Å². The summed E-state index contributed by atoms with van der Waals surface area (Å²) in [7, 11) is 1.54. The zero-order valence-electron chi connectivity index (χ0n) is 5.29. The van der Waals surface area contributed by atoms with Gasteiger partial charge in [0.25, 0.3) is 0 Å². The van der Waals surface area contributed by atoms with E-state index in [-0.39, 0.29) is 6.10 Å². The van der Waals surface area contributed by atoms with Crippen LogP contribution in [0.2, 0.25) is 0 Å². The van der Waals surface area contributed by atoms with Crippen molar-refractivity contribution in [2.75, 3.05) is 7.11 Å². The summed E-state index contributed by atoms with van der Waals surface area (Å²) in [6.45, 7) is 5.13. The Labute approximate surface area is 49.8 Å². The molecule has 8 heavy (non-hydrogen) atoms. The lowest BCUT2D eigenvalue weighted by molar-refractivity contribution is 0.0279. The van der Waals surface area contributed by atoms with Gasteiger partial charge in [-0.1, -0.05) is 6.08 Å². The average Bonchev–Trinajstić information content (AvgIpc) is 1.69. The van der Waals surface area contributed by atoms with Crippen LogP contribution in [0.3, 0.4) is 0 Å². The van der Waals surface area contributed by atoms with Crippen LogP contribution in [0.4, 0.5) is 0 Å². The number of ether oxygens (including phenoxy) is 1. The van der Waals surface area contributed by atoms with Crippen molar-refractivity contribution in [2.24, 2.45) is 0 Å². The molecule has 0 aromatic carbocycles. The zero-order valence-corrected chi connectivity index (χ0v) is 5.29. The lowest BCUT2D eigenvalue weighted by Crippen LogP contribution is -2.21. The van der Waals surface area contributed by atoms with Crippen LogP contribution in [0.5, 0.6) is 0 Å². The fourth-order valence-corrected chi connectivity index (χ4v) is 0.490. The van der Waals surface area contributed by atoms with E-state index in [0.29, 0.717) is 0 Å². The standard InChI is InChI=1S/C6H12O2/c1-4-6(8-3)5(2)7/h4-7H,1H2,2-3H3/t5-,6-/m0/s1. The molecule has 48 valence electrons. The molecule has 0 rings (SSSR count). The molecule has 0 radical (unpaired) electrons. The summed E-state index contributed by atoms with van der Waals surface area (Å²) in [6.07, 6.45) is 0.887. The molecule has 0 bridgehead atoms.